The number of unbranched alkanes of at least 4 members (excludes halogenated alkanes) is 1. The number of aromatic nitrogens is 5. The van der Waals surface area contributed by atoms with E-state index in [1.54, 1.807) is 12.3 Å². The molecule has 0 unspecified atom stereocenters. The summed E-state index contributed by atoms with van der Waals surface area (Å²) in [5.74, 6) is 0.728. The minimum atomic E-state index is -0.322. The van der Waals surface area contributed by atoms with Gasteiger partial charge in [0.2, 0.25) is 5.88 Å². The number of nitrogen functional groups attached to an aromatic ring is 1. The molecule has 0 spiro atoms. The van der Waals surface area contributed by atoms with E-state index in [1.165, 1.54) is 4.57 Å². The van der Waals surface area contributed by atoms with Crippen molar-refractivity contribution >= 4 is 17.0 Å². The molecular weight excluding hydrogens is 414 g/mol. The zero-order valence-corrected chi connectivity index (χ0v) is 18.2. The summed E-state index contributed by atoms with van der Waals surface area (Å²) in [4.78, 5) is 30.4. The first-order valence-corrected chi connectivity index (χ1v) is 10.9. The predicted octanol–water partition coefficient (Wildman–Crippen LogP) is 1.04. The molecule has 0 bridgehead atoms. The summed E-state index contributed by atoms with van der Waals surface area (Å²) in [6, 6.07) is 3.85. The minimum Gasteiger partial charge on any atom is -0.476 e. The van der Waals surface area contributed by atoms with E-state index < -0.39 is 0 Å². The van der Waals surface area contributed by atoms with Gasteiger partial charge in [0.05, 0.1) is 26.4 Å². The van der Waals surface area contributed by atoms with Gasteiger partial charge in [0, 0.05) is 31.9 Å². The Balaban J connectivity index is 1.42. The molecule has 1 aliphatic rings. The van der Waals surface area contributed by atoms with Crippen molar-refractivity contribution in [3.63, 3.8) is 0 Å². The highest BCUT2D eigenvalue weighted by Gasteiger charge is 2.15. The van der Waals surface area contributed by atoms with Crippen LogP contribution in [-0.2, 0) is 11.3 Å². The summed E-state index contributed by atoms with van der Waals surface area (Å²) >= 11 is 0. The second kappa shape index (κ2) is 10.4. The SMILES string of the molecule is CCCCOc1nc(N)c2[nH]c(=O)n(Cc3ccc(OCCN4CCOCC4)nc3)c2n1. The number of hydrogen-bond donors (Lipinski definition) is 2. The molecule has 0 saturated carbocycles. The number of pyridine rings is 1. The summed E-state index contributed by atoms with van der Waals surface area (Å²) in [6.45, 7) is 7.62. The lowest BCUT2D eigenvalue weighted by molar-refractivity contribution is 0.0320. The molecule has 3 aromatic heterocycles. The predicted molar refractivity (Wildman–Crippen MR) is 119 cm³/mol. The third-order valence-electron chi connectivity index (χ3n) is 5.26. The highest BCUT2D eigenvalue weighted by molar-refractivity contribution is 5.81. The first-order valence-electron chi connectivity index (χ1n) is 10.9. The van der Waals surface area contributed by atoms with Crippen molar-refractivity contribution in [3.8, 4) is 11.9 Å². The molecule has 1 fully saturated rings. The first-order chi connectivity index (χ1) is 15.6. The number of ether oxygens (including phenoxy) is 3. The van der Waals surface area contributed by atoms with E-state index in [4.69, 9.17) is 19.9 Å². The quantitative estimate of drug-likeness (QED) is 0.441. The van der Waals surface area contributed by atoms with Crippen LogP contribution in [0.4, 0.5) is 5.82 Å². The van der Waals surface area contributed by atoms with Crippen molar-refractivity contribution in [2.45, 2.75) is 26.3 Å². The molecule has 11 heteroatoms. The molecule has 0 aliphatic carbocycles. The number of aromatic amines is 1. The first kappa shape index (κ1) is 22.0. The van der Waals surface area contributed by atoms with Crippen LogP contribution in [0.5, 0.6) is 11.9 Å². The van der Waals surface area contributed by atoms with Crippen molar-refractivity contribution < 1.29 is 14.2 Å². The molecular formula is C21H29N7O4. The lowest BCUT2D eigenvalue weighted by Crippen LogP contribution is -2.38. The Morgan fingerprint density at radius 3 is 2.78 bits per heavy atom. The highest BCUT2D eigenvalue weighted by Crippen LogP contribution is 2.19. The normalized spacial score (nSPS) is 14.7. The Hall–Kier alpha value is -3.18. The number of rotatable bonds is 10. The maximum Gasteiger partial charge on any atom is 0.328 e. The summed E-state index contributed by atoms with van der Waals surface area (Å²) in [7, 11) is 0. The monoisotopic (exact) mass is 443 g/mol. The zero-order chi connectivity index (χ0) is 22.3. The third-order valence-corrected chi connectivity index (χ3v) is 5.26. The topological polar surface area (TPSA) is 133 Å². The maximum absolute atomic E-state index is 12.5. The van der Waals surface area contributed by atoms with Crippen molar-refractivity contribution in [1.82, 2.24) is 29.4 Å². The van der Waals surface area contributed by atoms with Crippen LogP contribution in [0.3, 0.4) is 0 Å². The minimum absolute atomic E-state index is 0.165. The molecule has 0 aromatic carbocycles. The summed E-state index contributed by atoms with van der Waals surface area (Å²) in [6.07, 6.45) is 3.57. The van der Waals surface area contributed by atoms with Gasteiger partial charge < -0.3 is 24.9 Å². The Morgan fingerprint density at radius 2 is 2.03 bits per heavy atom. The Labute approximate surface area is 185 Å². The molecule has 1 saturated heterocycles. The van der Waals surface area contributed by atoms with Crippen molar-refractivity contribution in [2.75, 3.05) is 51.8 Å². The van der Waals surface area contributed by atoms with Gasteiger partial charge in [-0.05, 0) is 12.0 Å². The largest absolute Gasteiger partial charge is 0.476 e. The number of fused-ring (bicyclic) bond motifs is 1. The van der Waals surface area contributed by atoms with Gasteiger partial charge >= 0.3 is 11.7 Å². The van der Waals surface area contributed by atoms with E-state index in [0.29, 0.717) is 30.3 Å². The molecule has 0 radical (unpaired) electrons. The van der Waals surface area contributed by atoms with Gasteiger partial charge in [0.15, 0.2) is 11.5 Å². The number of nitrogens with one attached hydrogen (secondary N) is 1. The van der Waals surface area contributed by atoms with Crippen LogP contribution >= 0.6 is 0 Å². The van der Waals surface area contributed by atoms with E-state index in [9.17, 15) is 4.79 Å². The van der Waals surface area contributed by atoms with Gasteiger partial charge in [0.25, 0.3) is 0 Å². The standard InChI is InChI=1S/C21H29N7O4/c1-2-3-9-32-20-25-18(22)17-19(26-20)28(21(29)24-17)14-15-4-5-16(23-13-15)31-12-8-27-6-10-30-11-7-27/h4-5,13H,2-3,6-12,14H2,1H3,(H,24,29)(H2,22,25,26). The van der Waals surface area contributed by atoms with Crippen molar-refractivity contribution in [3.05, 3.63) is 34.4 Å². The van der Waals surface area contributed by atoms with Gasteiger partial charge in [0.1, 0.15) is 12.1 Å². The molecule has 3 N–H and O–H groups in total. The van der Waals surface area contributed by atoms with E-state index in [1.807, 2.05) is 6.07 Å². The molecule has 1 aliphatic heterocycles. The van der Waals surface area contributed by atoms with E-state index in [-0.39, 0.29) is 24.1 Å². The number of imidazole rings is 1. The number of morpholine rings is 1. The Kier molecular flexibility index (Phi) is 7.17. The van der Waals surface area contributed by atoms with Crippen LogP contribution in [0.1, 0.15) is 25.3 Å². The number of hydrogen-bond acceptors (Lipinski definition) is 9. The van der Waals surface area contributed by atoms with Gasteiger partial charge in [-0.25, -0.2) is 9.78 Å². The lowest BCUT2D eigenvalue weighted by atomic mass is 10.3. The van der Waals surface area contributed by atoms with Crippen molar-refractivity contribution in [2.24, 2.45) is 0 Å². The average molecular weight is 444 g/mol. The molecule has 11 nitrogen and oxygen atoms in total. The average Bonchev–Trinajstić information content (AvgIpc) is 3.12. The summed E-state index contributed by atoms with van der Waals surface area (Å²) in [5, 5.41) is 0. The number of H-pyrrole nitrogens is 1. The molecule has 32 heavy (non-hydrogen) atoms. The van der Waals surface area contributed by atoms with E-state index >= 15 is 0 Å². The Morgan fingerprint density at radius 1 is 1.19 bits per heavy atom. The van der Waals surface area contributed by atoms with Gasteiger partial charge in [-0.1, -0.05) is 19.4 Å². The smallest absolute Gasteiger partial charge is 0.328 e. The zero-order valence-electron chi connectivity index (χ0n) is 18.2. The van der Waals surface area contributed by atoms with Gasteiger partial charge in [-0.15, -0.1) is 0 Å². The van der Waals surface area contributed by atoms with Gasteiger partial charge in [-0.2, -0.15) is 9.97 Å². The second-order valence-corrected chi connectivity index (χ2v) is 7.62. The maximum atomic E-state index is 12.5. The third kappa shape index (κ3) is 5.35. The molecule has 0 atom stereocenters. The van der Waals surface area contributed by atoms with Crippen LogP contribution in [0.25, 0.3) is 11.2 Å². The van der Waals surface area contributed by atoms with Crippen LogP contribution in [-0.4, -0.2) is 75.5 Å². The van der Waals surface area contributed by atoms with Crippen LogP contribution in [0, 0.1) is 0 Å². The van der Waals surface area contributed by atoms with E-state index in [2.05, 4.69) is 31.8 Å². The summed E-state index contributed by atoms with van der Waals surface area (Å²) in [5.41, 5.74) is 7.31. The number of nitrogens with zero attached hydrogens (tertiary/aromatic N) is 5. The molecule has 3 aromatic rings. The fraction of sp³-hybridized carbons (Fsp3) is 0.524. The van der Waals surface area contributed by atoms with Gasteiger partial charge in [-0.3, -0.25) is 9.47 Å². The number of anilines is 1. The number of nitrogens with two attached hydrogens (primary N) is 1. The molecule has 4 heterocycles. The fourth-order valence-corrected chi connectivity index (χ4v) is 3.43. The second-order valence-electron chi connectivity index (χ2n) is 7.62. The molecule has 4 rings (SSSR count). The Bertz CT molecular complexity index is 1070. The lowest BCUT2D eigenvalue weighted by Gasteiger charge is -2.26. The van der Waals surface area contributed by atoms with Crippen LogP contribution < -0.4 is 20.9 Å². The van der Waals surface area contributed by atoms with E-state index in [0.717, 1.165) is 51.3 Å². The molecule has 0 amide bonds. The highest BCUT2D eigenvalue weighted by atomic mass is 16.5. The molecule has 172 valence electrons. The fourth-order valence-electron chi connectivity index (χ4n) is 3.43. The van der Waals surface area contributed by atoms with Crippen LogP contribution in [0.15, 0.2) is 23.1 Å². The van der Waals surface area contributed by atoms with Crippen molar-refractivity contribution in [1.29, 1.82) is 0 Å². The summed E-state index contributed by atoms with van der Waals surface area (Å²) < 4.78 is 18.2. The van der Waals surface area contributed by atoms with Crippen LogP contribution in [0.2, 0.25) is 0 Å².